The van der Waals surface area contributed by atoms with Crippen molar-refractivity contribution in [2.45, 2.75) is 32.2 Å². The van der Waals surface area contributed by atoms with E-state index in [2.05, 4.69) is 18.3 Å². The molecule has 0 aliphatic carbocycles. The van der Waals surface area contributed by atoms with Crippen molar-refractivity contribution in [1.82, 2.24) is 5.32 Å². The lowest BCUT2D eigenvalue weighted by Gasteiger charge is -2.17. The van der Waals surface area contributed by atoms with Gasteiger partial charge in [-0.05, 0) is 18.9 Å². The Bertz CT molecular complexity index is 189. The second-order valence-corrected chi connectivity index (χ2v) is 3.10. The van der Waals surface area contributed by atoms with Crippen LogP contribution in [0, 0.1) is 6.08 Å². The van der Waals surface area contributed by atoms with E-state index in [1.54, 1.807) is 0 Å². The van der Waals surface area contributed by atoms with E-state index in [9.17, 15) is 4.79 Å². The fraction of sp³-hybridized carbons (Fsp3) is 0.700. The molecule has 0 aromatic rings. The normalized spacial score (nSPS) is 21.5. The second kappa shape index (κ2) is 5.75. The first-order chi connectivity index (χ1) is 6.34. The Balaban J connectivity index is 2.18. The highest BCUT2D eigenvalue weighted by Gasteiger charge is 2.18. The van der Waals surface area contributed by atoms with Gasteiger partial charge in [0.2, 0.25) is 0 Å². The van der Waals surface area contributed by atoms with Crippen LogP contribution in [-0.2, 0) is 9.53 Å². The SMILES string of the molecule is CCCCOC(=O)C1CC=[C]CN1. The molecule has 1 unspecified atom stereocenters. The first-order valence-electron chi connectivity index (χ1n) is 4.79. The summed E-state index contributed by atoms with van der Waals surface area (Å²) >= 11 is 0. The van der Waals surface area contributed by atoms with Crippen LogP contribution in [0.3, 0.4) is 0 Å². The standard InChI is InChI=1S/C10H16NO2/c1-2-3-8-13-10(12)9-6-4-5-7-11-9/h4,9,11H,2-3,6-8H2,1H3. The Kier molecular flexibility index (Phi) is 4.54. The summed E-state index contributed by atoms with van der Waals surface area (Å²) in [6.45, 7) is 3.26. The monoisotopic (exact) mass is 182 g/mol. The fourth-order valence-electron chi connectivity index (χ4n) is 1.14. The second-order valence-electron chi connectivity index (χ2n) is 3.10. The molecule has 0 aromatic heterocycles. The van der Waals surface area contributed by atoms with Gasteiger partial charge in [-0.2, -0.15) is 0 Å². The Morgan fingerprint density at radius 2 is 2.62 bits per heavy atom. The van der Waals surface area contributed by atoms with Gasteiger partial charge in [-0.15, -0.1) is 0 Å². The minimum absolute atomic E-state index is 0.133. The maximum Gasteiger partial charge on any atom is 0.323 e. The molecule has 1 aliphatic heterocycles. The number of esters is 1. The van der Waals surface area contributed by atoms with Gasteiger partial charge in [0.15, 0.2) is 0 Å². The smallest absolute Gasteiger partial charge is 0.323 e. The average Bonchev–Trinajstić information content (AvgIpc) is 2.19. The average molecular weight is 182 g/mol. The zero-order valence-electron chi connectivity index (χ0n) is 8.01. The van der Waals surface area contributed by atoms with Crippen LogP contribution < -0.4 is 5.32 Å². The van der Waals surface area contributed by atoms with Crippen LogP contribution in [0.5, 0.6) is 0 Å². The Morgan fingerprint density at radius 1 is 1.77 bits per heavy atom. The summed E-state index contributed by atoms with van der Waals surface area (Å²) in [5.74, 6) is -0.133. The number of nitrogens with one attached hydrogen (secondary N) is 1. The number of rotatable bonds is 4. The largest absolute Gasteiger partial charge is 0.465 e. The predicted molar refractivity (Wildman–Crippen MR) is 50.1 cm³/mol. The highest BCUT2D eigenvalue weighted by Crippen LogP contribution is 2.01. The van der Waals surface area contributed by atoms with Crippen LogP contribution in [0.2, 0.25) is 0 Å². The number of carbonyl (C=O) groups is 1. The molecule has 1 heterocycles. The lowest BCUT2D eigenvalue weighted by atomic mass is 10.1. The minimum atomic E-state index is -0.155. The maximum atomic E-state index is 11.3. The topological polar surface area (TPSA) is 38.3 Å². The molecule has 1 rings (SSSR count). The van der Waals surface area contributed by atoms with E-state index in [1.807, 2.05) is 6.08 Å². The summed E-state index contributed by atoms with van der Waals surface area (Å²) in [7, 11) is 0. The van der Waals surface area contributed by atoms with Gasteiger partial charge in [0.05, 0.1) is 6.61 Å². The van der Waals surface area contributed by atoms with E-state index in [0.717, 1.165) is 12.8 Å². The molecule has 1 atom stereocenters. The number of hydrogen-bond acceptors (Lipinski definition) is 3. The van der Waals surface area contributed by atoms with E-state index in [-0.39, 0.29) is 12.0 Å². The van der Waals surface area contributed by atoms with Gasteiger partial charge in [-0.3, -0.25) is 4.79 Å². The molecule has 13 heavy (non-hydrogen) atoms. The first-order valence-corrected chi connectivity index (χ1v) is 4.79. The molecule has 1 radical (unpaired) electrons. The summed E-state index contributed by atoms with van der Waals surface area (Å²) in [4.78, 5) is 11.3. The number of hydrogen-bond donors (Lipinski definition) is 1. The van der Waals surface area contributed by atoms with Gasteiger partial charge >= 0.3 is 5.97 Å². The highest BCUT2D eigenvalue weighted by molar-refractivity contribution is 5.76. The summed E-state index contributed by atoms with van der Waals surface area (Å²) in [5, 5.41) is 3.03. The van der Waals surface area contributed by atoms with E-state index < -0.39 is 0 Å². The zero-order chi connectivity index (χ0) is 9.52. The van der Waals surface area contributed by atoms with Crippen LogP contribution in [-0.4, -0.2) is 25.2 Å². The number of carbonyl (C=O) groups excluding carboxylic acids is 1. The molecule has 3 heteroatoms. The van der Waals surface area contributed by atoms with Crippen LogP contribution in [0.1, 0.15) is 26.2 Å². The molecule has 0 aromatic carbocycles. The lowest BCUT2D eigenvalue weighted by Crippen LogP contribution is -2.39. The molecule has 0 fully saturated rings. The molecule has 1 aliphatic rings. The Hall–Kier alpha value is -0.830. The number of unbranched alkanes of at least 4 members (excludes halogenated alkanes) is 1. The summed E-state index contributed by atoms with van der Waals surface area (Å²) in [6.07, 6.45) is 7.58. The van der Waals surface area contributed by atoms with Crippen LogP contribution >= 0.6 is 0 Å². The van der Waals surface area contributed by atoms with Crippen molar-refractivity contribution in [1.29, 1.82) is 0 Å². The zero-order valence-corrected chi connectivity index (χ0v) is 8.01. The van der Waals surface area contributed by atoms with Crippen molar-refractivity contribution < 1.29 is 9.53 Å². The highest BCUT2D eigenvalue weighted by atomic mass is 16.5. The summed E-state index contributed by atoms with van der Waals surface area (Å²) in [6, 6.07) is -0.155. The van der Waals surface area contributed by atoms with Crippen molar-refractivity contribution in [3.8, 4) is 0 Å². The van der Waals surface area contributed by atoms with E-state index >= 15 is 0 Å². The predicted octanol–water partition coefficient (Wildman–Crippen LogP) is 1.05. The van der Waals surface area contributed by atoms with Gasteiger partial charge in [-0.1, -0.05) is 19.4 Å². The lowest BCUT2D eigenvalue weighted by molar-refractivity contribution is -0.146. The van der Waals surface area contributed by atoms with Gasteiger partial charge < -0.3 is 10.1 Å². The van der Waals surface area contributed by atoms with Crippen LogP contribution in [0.25, 0.3) is 0 Å². The molecule has 0 amide bonds. The molecular formula is C10H16NO2. The Morgan fingerprint density at radius 3 is 3.23 bits per heavy atom. The molecule has 3 nitrogen and oxygen atoms in total. The van der Waals surface area contributed by atoms with E-state index in [0.29, 0.717) is 19.6 Å². The molecule has 73 valence electrons. The van der Waals surface area contributed by atoms with E-state index in [4.69, 9.17) is 4.74 Å². The van der Waals surface area contributed by atoms with Gasteiger partial charge in [0.25, 0.3) is 0 Å². The summed E-state index contributed by atoms with van der Waals surface area (Å²) in [5.41, 5.74) is 0. The molecule has 0 spiro atoms. The summed E-state index contributed by atoms with van der Waals surface area (Å²) < 4.78 is 5.07. The van der Waals surface area contributed by atoms with Crippen molar-refractivity contribution in [2.24, 2.45) is 0 Å². The molecule has 0 saturated heterocycles. The third kappa shape index (κ3) is 3.59. The first kappa shape index (κ1) is 10.3. The molecule has 1 N–H and O–H groups in total. The van der Waals surface area contributed by atoms with Crippen molar-refractivity contribution in [2.75, 3.05) is 13.2 Å². The van der Waals surface area contributed by atoms with Gasteiger partial charge in [0, 0.05) is 6.54 Å². The van der Waals surface area contributed by atoms with Gasteiger partial charge in [-0.25, -0.2) is 0 Å². The van der Waals surface area contributed by atoms with E-state index in [1.165, 1.54) is 0 Å². The van der Waals surface area contributed by atoms with Crippen molar-refractivity contribution >= 4 is 5.97 Å². The molecular weight excluding hydrogens is 166 g/mol. The Labute approximate surface area is 79.2 Å². The molecule has 0 bridgehead atoms. The quantitative estimate of drug-likeness (QED) is 0.521. The van der Waals surface area contributed by atoms with Crippen molar-refractivity contribution in [3.63, 3.8) is 0 Å². The number of ether oxygens (including phenoxy) is 1. The van der Waals surface area contributed by atoms with Crippen molar-refractivity contribution in [3.05, 3.63) is 12.2 Å². The molecule has 0 saturated carbocycles. The van der Waals surface area contributed by atoms with Crippen LogP contribution in [0.15, 0.2) is 6.08 Å². The van der Waals surface area contributed by atoms with Gasteiger partial charge in [0.1, 0.15) is 6.04 Å². The maximum absolute atomic E-state index is 11.3. The fourth-order valence-corrected chi connectivity index (χ4v) is 1.14. The third-order valence-electron chi connectivity index (χ3n) is 1.98. The third-order valence-corrected chi connectivity index (χ3v) is 1.98. The minimum Gasteiger partial charge on any atom is -0.465 e. The van der Waals surface area contributed by atoms with Crippen LogP contribution in [0.4, 0.5) is 0 Å².